The van der Waals surface area contributed by atoms with Crippen molar-refractivity contribution in [1.29, 1.82) is 0 Å². The number of hydrogen-bond donors (Lipinski definition) is 1. The Balaban J connectivity index is 1.75. The van der Waals surface area contributed by atoms with Crippen LogP contribution in [0.2, 0.25) is 0 Å². The molecule has 0 unspecified atom stereocenters. The molecule has 0 spiro atoms. The van der Waals surface area contributed by atoms with Crippen LogP contribution in [0.25, 0.3) is 11.4 Å². The van der Waals surface area contributed by atoms with Crippen LogP contribution in [0.4, 0.5) is 5.13 Å². The predicted molar refractivity (Wildman–Crippen MR) is 79.2 cm³/mol. The number of nitrogens with zero attached hydrogens (tertiary/aromatic N) is 3. The largest absolute Gasteiger partial charge is 0.339 e. The topological polar surface area (TPSA) is 80.9 Å². The first-order valence-electron chi connectivity index (χ1n) is 6.40. The van der Waals surface area contributed by atoms with E-state index in [-0.39, 0.29) is 5.91 Å². The average molecular weight is 300 g/mol. The number of hydrogen-bond acceptors (Lipinski definition) is 6. The van der Waals surface area contributed by atoms with Gasteiger partial charge >= 0.3 is 0 Å². The summed E-state index contributed by atoms with van der Waals surface area (Å²) in [5, 5.41) is 9.01. The van der Waals surface area contributed by atoms with Crippen molar-refractivity contribution in [2.24, 2.45) is 0 Å². The molecule has 0 aliphatic rings. The lowest BCUT2D eigenvalue weighted by molar-refractivity contribution is 0.102. The molecule has 6 nitrogen and oxygen atoms in total. The number of aryl methyl sites for hydroxylation is 1. The number of amides is 1. The van der Waals surface area contributed by atoms with Crippen molar-refractivity contribution in [3.05, 3.63) is 47.3 Å². The minimum atomic E-state index is -0.196. The van der Waals surface area contributed by atoms with E-state index in [9.17, 15) is 4.79 Å². The van der Waals surface area contributed by atoms with E-state index in [1.165, 1.54) is 11.3 Å². The number of carbonyl (C=O) groups is 1. The molecule has 0 aliphatic heterocycles. The molecule has 0 radical (unpaired) electrons. The molecule has 0 aliphatic carbocycles. The molecular weight excluding hydrogens is 288 g/mol. The second kappa shape index (κ2) is 5.84. The highest BCUT2D eigenvalue weighted by atomic mass is 32.1. The third-order valence-electron chi connectivity index (χ3n) is 2.83. The van der Waals surface area contributed by atoms with Gasteiger partial charge in [0, 0.05) is 29.1 Å². The highest BCUT2D eigenvalue weighted by Gasteiger charge is 2.10. The SMILES string of the molecule is CCc1nc(-c2ccc(C(=O)Nc3nccs3)cc2)no1. The van der Waals surface area contributed by atoms with Gasteiger partial charge in [0.25, 0.3) is 5.91 Å². The summed E-state index contributed by atoms with van der Waals surface area (Å²) < 4.78 is 5.07. The first-order valence-corrected chi connectivity index (χ1v) is 7.28. The Morgan fingerprint density at radius 3 is 2.76 bits per heavy atom. The van der Waals surface area contributed by atoms with Crippen molar-refractivity contribution in [3.63, 3.8) is 0 Å². The number of thiazole rings is 1. The predicted octanol–water partition coefficient (Wildman–Crippen LogP) is 3.01. The third-order valence-corrected chi connectivity index (χ3v) is 3.52. The van der Waals surface area contributed by atoms with Crippen molar-refractivity contribution in [2.45, 2.75) is 13.3 Å². The van der Waals surface area contributed by atoms with E-state index in [2.05, 4.69) is 20.4 Å². The summed E-state index contributed by atoms with van der Waals surface area (Å²) in [5.41, 5.74) is 1.36. The van der Waals surface area contributed by atoms with Crippen LogP contribution in [-0.2, 0) is 6.42 Å². The molecule has 1 N–H and O–H groups in total. The Hall–Kier alpha value is -2.54. The number of rotatable bonds is 4. The molecular formula is C14H12N4O2S. The molecule has 0 saturated carbocycles. The fourth-order valence-corrected chi connectivity index (χ4v) is 2.26. The number of aromatic nitrogens is 3. The Labute approximate surface area is 124 Å². The molecule has 1 amide bonds. The van der Waals surface area contributed by atoms with Gasteiger partial charge in [-0.1, -0.05) is 24.2 Å². The standard InChI is InChI=1S/C14H12N4O2S/c1-2-11-16-12(18-20-11)9-3-5-10(6-4-9)13(19)17-14-15-7-8-21-14/h3-8H,2H2,1H3,(H,15,17,19). The number of anilines is 1. The van der Waals surface area contributed by atoms with E-state index in [0.717, 1.165) is 5.56 Å². The van der Waals surface area contributed by atoms with Crippen molar-refractivity contribution in [1.82, 2.24) is 15.1 Å². The first-order chi connectivity index (χ1) is 10.3. The van der Waals surface area contributed by atoms with Gasteiger partial charge in [0.1, 0.15) is 0 Å². The van der Waals surface area contributed by atoms with Gasteiger partial charge < -0.3 is 4.52 Å². The zero-order chi connectivity index (χ0) is 14.7. The fraction of sp³-hybridized carbons (Fsp3) is 0.143. The zero-order valence-electron chi connectivity index (χ0n) is 11.2. The molecule has 3 rings (SSSR count). The van der Waals surface area contributed by atoms with Crippen molar-refractivity contribution in [3.8, 4) is 11.4 Å². The van der Waals surface area contributed by atoms with Crippen molar-refractivity contribution >= 4 is 22.4 Å². The normalized spacial score (nSPS) is 10.5. The lowest BCUT2D eigenvalue weighted by Gasteiger charge is -2.02. The summed E-state index contributed by atoms with van der Waals surface area (Å²) >= 11 is 1.38. The lowest BCUT2D eigenvalue weighted by atomic mass is 10.1. The van der Waals surface area contributed by atoms with Crippen LogP contribution in [0.3, 0.4) is 0 Å². The molecule has 1 aromatic carbocycles. The lowest BCUT2D eigenvalue weighted by Crippen LogP contribution is -2.11. The van der Waals surface area contributed by atoms with Crippen LogP contribution in [-0.4, -0.2) is 21.0 Å². The molecule has 106 valence electrons. The van der Waals surface area contributed by atoms with Gasteiger partial charge in [-0.15, -0.1) is 11.3 Å². The van der Waals surface area contributed by atoms with Gasteiger partial charge in [-0.3, -0.25) is 10.1 Å². The Bertz CT molecular complexity index is 735. The molecule has 0 saturated heterocycles. The van der Waals surface area contributed by atoms with Crippen LogP contribution < -0.4 is 5.32 Å². The highest BCUT2D eigenvalue weighted by molar-refractivity contribution is 7.13. The number of benzene rings is 1. The Morgan fingerprint density at radius 1 is 1.33 bits per heavy atom. The minimum absolute atomic E-state index is 0.196. The molecule has 2 heterocycles. The van der Waals surface area contributed by atoms with Gasteiger partial charge in [-0.2, -0.15) is 4.98 Å². The summed E-state index contributed by atoms with van der Waals surface area (Å²) in [4.78, 5) is 20.3. The molecule has 0 fully saturated rings. The van der Waals surface area contributed by atoms with E-state index in [1.807, 2.05) is 6.92 Å². The van der Waals surface area contributed by atoms with Gasteiger partial charge in [-0.25, -0.2) is 4.98 Å². The quantitative estimate of drug-likeness (QED) is 0.801. The maximum atomic E-state index is 12.0. The van der Waals surface area contributed by atoms with Crippen LogP contribution >= 0.6 is 11.3 Å². The van der Waals surface area contributed by atoms with Crippen LogP contribution in [0, 0.1) is 0 Å². The summed E-state index contributed by atoms with van der Waals surface area (Å²) in [6.07, 6.45) is 2.34. The average Bonchev–Trinajstić information content (AvgIpc) is 3.18. The van der Waals surface area contributed by atoms with Crippen molar-refractivity contribution < 1.29 is 9.32 Å². The molecule has 0 bridgehead atoms. The highest BCUT2D eigenvalue weighted by Crippen LogP contribution is 2.18. The Morgan fingerprint density at radius 2 is 2.14 bits per heavy atom. The van der Waals surface area contributed by atoms with Gasteiger partial charge in [-0.05, 0) is 12.1 Å². The van der Waals surface area contributed by atoms with Gasteiger partial charge in [0.15, 0.2) is 5.13 Å². The third kappa shape index (κ3) is 2.97. The van der Waals surface area contributed by atoms with Crippen LogP contribution in [0.1, 0.15) is 23.2 Å². The molecule has 21 heavy (non-hydrogen) atoms. The van der Waals surface area contributed by atoms with E-state index in [1.54, 1.807) is 35.8 Å². The van der Waals surface area contributed by atoms with Crippen LogP contribution in [0.5, 0.6) is 0 Å². The van der Waals surface area contributed by atoms with E-state index in [4.69, 9.17) is 4.52 Å². The smallest absolute Gasteiger partial charge is 0.257 e. The number of nitrogens with one attached hydrogen (secondary N) is 1. The van der Waals surface area contributed by atoms with Crippen LogP contribution in [0.15, 0.2) is 40.4 Å². The summed E-state index contributed by atoms with van der Waals surface area (Å²) in [6.45, 7) is 1.95. The maximum absolute atomic E-state index is 12.0. The van der Waals surface area contributed by atoms with Crippen molar-refractivity contribution in [2.75, 3.05) is 5.32 Å². The number of carbonyl (C=O) groups excluding carboxylic acids is 1. The van der Waals surface area contributed by atoms with Gasteiger partial charge in [0.05, 0.1) is 0 Å². The Kier molecular flexibility index (Phi) is 3.74. The monoisotopic (exact) mass is 300 g/mol. The van der Waals surface area contributed by atoms with E-state index >= 15 is 0 Å². The minimum Gasteiger partial charge on any atom is -0.339 e. The summed E-state index contributed by atoms with van der Waals surface area (Å²) in [5.74, 6) is 0.924. The first kappa shape index (κ1) is 13.4. The molecule has 0 atom stereocenters. The second-order valence-electron chi connectivity index (χ2n) is 4.23. The molecule has 7 heteroatoms. The summed E-state index contributed by atoms with van der Waals surface area (Å²) in [7, 11) is 0. The fourth-order valence-electron chi connectivity index (χ4n) is 1.74. The van der Waals surface area contributed by atoms with E-state index in [0.29, 0.717) is 28.8 Å². The maximum Gasteiger partial charge on any atom is 0.257 e. The second-order valence-corrected chi connectivity index (χ2v) is 5.13. The zero-order valence-corrected chi connectivity index (χ0v) is 12.1. The van der Waals surface area contributed by atoms with Gasteiger partial charge in [0.2, 0.25) is 11.7 Å². The summed E-state index contributed by atoms with van der Waals surface area (Å²) in [6, 6.07) is 7.03. The molecule has 3 aromatic rings. The molecule has 2 aromatic heterocycles. The van der Waals surface area contributed by atoms with E-state index < -0.39 is 0 Å².